The molecule has 1 atom stereocenters. The van der Waals surface area contributed by atoms with Gasteiger partial charge in [0.05, 0.1) is 6.61 Å². The number of aliphatic imine (C=N–C) groups is 1. The number of rotatable bonds is 4. The molecule has 0 amide bonds. The number of ketones is 1. The van der Waals surface area contributed by atoms with Gasteiger partial charge in [-0.15, -0.1) is 0 Å². The Morgan fingerprint density at radius 2 is 2.17 bits per heavy atom. The minimum atomic E-state index is -0.383. The van der Waals surface area contributed by atoms with Crippen molar-refractivity contribution in [2.75, 3.05) is 19.9 Å². The van der Waals surface area contributed by atoms with Gasteiger partial charge in [-0.1, -0.05) is 17.8 Å². The number of Topliss-reactive ketones (excluding diaryl/α,β-unsaturated/α-hetero) is 1. The van der Waals surface area contributed by atoms with Gasteiger partial charge < -0.3 is 14.7 Å². The van der Waals surface area contributed by atoms with Crippen molar-refractivity contribution in [3.63, 3.8) is 0 Å². The molecule has 0 bridgehead atoms. The predicted octanol–water partition coefficient (Wildman–Crippen LogP) is 3.36. The molecule has 0 spiro atoms. The van der Waals surface area contributed by atoms with E-state index in [9.17, 15) is 9.90 Å². The van der Waals surface area contributed by atoms with Gasteiger partial charge in [-0.05, 0) is 44.7 Å². The van der Waals surface area contributed by atoms with E-state index in [-0.39, 0.29) is 17.6 Å². The second-order valence-corrected chi connectivity index (χ2v) is 6.07. The maximum Gasteiger partial charge on any atom is 0.163 e. The summed E-state index contributed by atoms with van der Waals surface area (Å²) in [6, 6.07) is 4.74. The maximum atomic E-state index is 12.2. The molecule has 0 fully saturated rings. The first-order valence-corrected chi connectivity index (χ1v) is 8.66. The monoisotopic (exact) mass is 334 g/mol. The average molecular weight is 334 g/mol. The number of nitrogens with zero attached hydrogens (tertiary/aromatic N) is 2. The molecule has 23 heavy (non-hydrogen) atoms. The van der Waals surface area contributed by atoms with E-state index in [1.54, 1.807) is 25.1 Å². The summed E-state index contributed by atoms with van der Waals surface area (Å²) < 4.78 is 5.45. The molecule has 6 heteroatoms. The molecule has 0 aromatic heterocycles. The van der Waals surface area contributed by atoms with Gasteiger partial charge in [0.25, 0.3) is 0 Å². The third kappa shape index (κ3) is 3.37. The van der Waals surface area contributed by atoms with Gasteiger partial charge in [-0.3, -0.25) is 4.79 Å². The van der Waals surface area contributed by atoms with Gasteiger partial charge in [-0.25, -0.2) is 4.99 Å². The van der Waals surface area contributed by atoms with Crippen LogP contribution in [0.3, 0.4) is 0 Å². The summed E-state index contributed by atoms with van der Waals surface area (Å²) in [4.78, 5) is 18.8. The van der Waals surface area contributed by atoms with Crippen molar-refractivity contribution in [1.82, 2.24) is 4.90 Å². The Kier molecular flexibility index (Phi) is 5.36. The third-order valence-electron chi connectivity index (χ3n) is 3.85. The molecule has 0 radical (unpaired) electrons. The number of aromatic hydroxyl groups is 1. The van der Waals surface area contributed by atoms with Gasteiger partial charge in [0.1, 0.15) is 6.04 Å². The molecule has 1 aromatic rings. The van der Waals surface area contributed by atoms with Crippen LogP contribution in [0.25, 0.3) is 0 Å². The van der Waals surface area contributed by atoms with Crippen LogP contribution >= 0.6 is 11.8 Å². The SMILES string of the molecule is CCOc1cc([C@@H]2N=C(SC)N(C)C(C)=C2C(C)=O)ccc1O. The van der Waals surface area contributed by atoms with Gasteiger partial charge in [0.15, 0.2) is 22.4 Å². The zero-order valence-corrected chi connectivity index (χ0v) is 14.9. The molecule has 0 aliphatic carbocycles. The number of thioether (sulfide) groups is 1. The van der Waals surface area contributed by atoms with Crippen LogP contribution < -0.4 is 4.74 Å². The number of hydrogen-bond donors (Lipinski definition) is 1. The van der Waals surface area contributed by atoms with Crippen molar-refractivity contribution in [2.45, 2.75) is 26.8 Å². The molecule has 0 saturated heterocycles. The van der Waals surface area contributed by atoms with Gasteiger partial charge in [-0.2, -0.15) is 0 Å². The minimum absolute atomic E-state index is 0.00529. The standard InChI is InChI=1S/C17H22N2O3S/c1-6-22-14-9-12(7-8-13(14)21)16-15(11(3)20)10(2)19(4)17(18-16)23-5/h7-9,16,21H,6H2,1-5H3/t16-/m0/s1. The highest BCUT2D eigenvalue weighted by atomic mass is 32.2. The summed E-state index contributed by atoms with van der Waals surface area (Å²) in [7, 11) is 1.91. The van der Waals surface area contributed by atoms with E-state index in [2.05, 4.69) is 0 Å². The fraction of sp³-hybridized carbons (Fsp3) is 0.412. The van der Waals surface area contributed by atoms with Crippen molar-refractivity contribution in [3.05, 3.63) is 35.0 Å². The molecule has 1 aromatic carbocycles. The van der Waals surface area contributed by atoms with Crippen LogP contribution in [0.15, 0.2) is 34.5 Å². The largest absolute Gasteiger partial charge is 0.504 e. The molecule has 5 nitrogen and oxygen atoms in total. The zero-order chi connectivity index (χ0) is 17.1. The first-order valence-electron chi connectivity index (χ1n) is 7.43. The normalized spacial score (nSPS) is 18.0. The second-order valence-electron chi connectivity index (χ2n) is 5.29. The highest BCUT2D eigenvalue weighted by Crippen LogP contribution is 2.38. The lowest BCUT2D eigenvalue weighted by Gasteiger charge is -2.31. The number of ether oxygens (including phenoxy) is 1. The van der Waals surface area contributed by atoms with Crippen molar-refractivity contribution in [1.29, 1.82) is 0 Å². The summed E-state index contributed by atoms with van der Waals surface area (Å²) in [5.41, 5.74) is 2.39. The highest BCUT2D eigenvalue weighted by Gasteiger charge is 2.30. The van der Waals surface area contributed by atoms with Crippen LogP contribution in [0.5, 0.6) is 11.5 Å². The van der Waals surface area contributed by atoms with Crippen molar-refractivity contribution >= 4 is 22.7 Å². The summed E-state index contributed by atoms with van der Waals surface area (Å²) in [5.74, 6) is 0.488. The van der Waals surface area contributed by atoms with E-state index in [1.165, 1.54) is 11.8 Å². The molecule has 0 saturated carbocycles. The van der Waals surface area contributed by atoms with E-state index in [0.29, 0.717) is 17.9 Å². The molecule has 1 heterocycles. The number of carbonyl (C=O) groups is 1. The zero-order valence-electron chi connectivity index (χ0n) is 14.1. The van der Waals surface area contributed by atoms with E-state index in [0.717, 1.165) is 16.4 Å². The quantitative estimate of drug-likeness (QED) is 0.915. The lowest BCUT2D eigenvalue weighted by Crippen LogP contribution is -2.31. The Bertz CT molecular complexity index is 682. The molecule has 124 valence electrons. The summed E-state index contributed by atoms with van der Waals surface area (Å²) in [6.45, 7) is 5.80. The van der Waals surface area contributed by atoms with Gasteiger partial charge in [0.2, 0.25) is 0 Å². The Morgan fingerprint density at radius 3 is 2.74 bits per heavy atom. The average Bonchev–Trinajstić information content (AvgIpc) is 2.51. The van der Waals surface area contributed by atoms with Crippen molar-refractivity contribution in [2.24, 2.45) is 4.99 Å². The van der Waals surface area contributed by atoms with Crippen molar-refractivity contribution < 1.29 is 14.6 Å². The lowest BCUT2D eigenvalue weighted by atomic mass is 9.93. The molecule has 2 rings (SSSR count). The fourth-order valence-electron chi connectivity index (χ4n) is 2.63. The van der Waals surface area contributed by atoms with Gasteiger partial charge >= 0.3 is 0 Å². The lowest BCUT2D eigenvalue weighted by molar-refractivity contribution is -0.114. The first kappa shape index (κ1) is 17.4. The minimum Gasteiger partial charge on any atom is -0.504 e. The predicted molar refractivity (Wildman–Crippen MR) is 94.1 cm³/mol. The second kappa shape index (κ2) is 7.08. The fourth-order valence-corrected chi connectivity index (χ4v) is 3.26. The third-order valence-corrected chi connectivity index (χ3v) is 4.60. The van der Waals surface area contributed by atoms with Crippen molar-refractivity contribution in [3.8, 4) is 11.5 Å². The van der Waals surface area contributed by atoms with E-state index in [4.69, 9.17) is 9.73 Å². The Labute approximate surface area is 141 Å². The molecular weight excluding hydrogens is 312 g/mol. The van der Waals surface area contributed by atoms with Crippen LogP contribution in [-0.2, 0) is 4.79 Å². The number of phenols is 1. The Hall–Kier alpha value is -1.95. The summed E-state index contributed by atoms with van der Waals surface area (Å²) in [5, 5.41) is 10.7. The summed E-state index contributed by atoms with van der Waals surface area (Å²) >= 11 is 1.54. The van der Waals surface area contributed by atoms with E-state index >= 15 is 0 Å². The number of allylic oxidation sites excluding steroid dienone is 1. The molecule has 1 aliphatic heterocycles. The van der Waals surface area contributed by atoms with E-state index < -0.39 is 0 Å². The number of carbonyl (C=O) groups excluding carboxylic acids is 1. The topological polar surface area (TPSA) is 62.1 Å². The van der Waals surface area contributed by atoms with Crippen LogP contribution in [0.2, 0.25) is 0 Å². The summed E-state index contributed by atoms with van der Waals surface area (Å²) in [6.07, 6.45) is 1.96. The smallest absolute Gasteiger partial charge is 0.163 e. The molecular formula is C17H22N2O3S. The van der Waals surface area contributed by atoms with Gasteiger partial charge in [0, 0.05) is 18.3 Å². The molecule has 1 N–H and O–H groups in total. The van der Waals surface area contributed by atoms with Crippen LogP contribution in [-0.4, -0.2) is 40.9 Å². The van der Waals surface area contributed by atoms with Crippen LogP contribution in [0.4, 0.5) is 0 Å². The number of hydrogen-bond acceptors (Lipinski definition) is 6. The Morgan fingerprint density at radius 1 is 1.48 bits per heavy atom. The molecule has 1 aliphatic rings. The maximum absolute atomic E-state index is 12.2. The first-order chi connectivity index (χ1) is 10.9. The Balaban J connectivity index is 2.56. The number of phenolic OH excluding ortho intramolecular Hbond substituents is 1. The van der Waals surface area contributed by atoms with Crippen LogP contribution in [0, 0.1) is 0 Å². The number of amidine groups is 1. The molecule has 0 unspecified atom stereocenters. The van der Waals surface area contributed by atoms with E-state index in [1.807, 2.05) is 32.1 Å². The highest BCUT2D eigenvalue weighted by molar-refractivity contribution is 8.13. The van der Waals surface area contributed by atoms with Crippen LogP contribution in [0.1, 0.15) is 32.4 Å². The number of benzene rings is 1.